The molecule has 0 fully saturated rings. The van der Waals surface area contributed by atoms with E-state index in [2.05, 4.69) is 0 Å². The zero-order valence-electron chi connectivity index (χ0n) is 11.0. The third-order valence-corrected chi connectivity index (χ3v) is 0.980. The molecule has 0 bridgehead atoms. The summed E-state index contributed by atoms with van der Waals surface area (Å²) in [4.78, 5) is 0. The van der Waals surface area contributed by atoms with Crippen LogP contribution in [0.4, 0.5) is 56.2 Å². The molecular weight excluding hydrogens is 363 g/mol. The second kappa shape index (κ2) is 11.1. The zero-order valence-corrected chi connectivity index (χ0v) is 11.0. The lowest BCUT2D eigenvalue weighted by Crippen LogP contribution is -2.02. The summed E-state index contributed by atoms with van der Waals surface area (Å²) in [5.41, 5.74) is 0.963. The Morgan fingerprint density at radius 2 is 0.870 bits per heavy atom. The Kier molecular flexibility index (Phi) is 12.7. The second-order valence-electron chi connectivity index (χ2n) is 3.28. The van der Waals surface area contributed by atoms with Gasteiger partial charge in [0.05, 0.1) is 0 Å². The fourth-order valence-electron chi connectivity index (χ4n) is 0.606. The fraction of sp³-hybridized carbons (Fsp3) is 0.143. The van der Waals surface area contributed by atoms with Crippen molar-refractivity contribution in [3.63, 3.8) is 0 Å². The Bertz CT molecular complexity index is 345. The lowest BCUT2D eigenvalue weighted by Gasteiger charge is -1.94. The highest BCUT2D eigenvalue weighted by atomic mass is 19.5. The first-order valence-corrected chi connectivity index (χ1v) is 5.13. The van der Waals surface area contributed by atoms with Gasteiger partial charge in [0, 0.05) is 0 Å². The largest absolute Gasteiger partial charge is 0.673 e. The van der Waals surface area contributed by atoms with Gasteiger partial charge in [0.1, 0.15) is 5.82 Å². The molecule has 0 saturated carbocycles. The minimum Gasteiger partial charge on any atom is -0.418 e. The van der Waals surface area contributed by atoms with Gasteiger partial charge in [-0.05, 0) is 24.6 Å². The Hall–Kier alpha value is -1.50. The van der Waals surface area contributed by atoms with Crippen LogP contribution in [-0.4, -0.2) is 21.8 Å². The predicted molar refractivity (Wildman–Crippen MR) is 61.7 cm³/mol. The number of hydrogen-bond donors (Lipinski definition) is 0. The molecule has 1 aromatic rings. The maximum absolute atomic E-state index is 12.2. The molecule has 0 heterocycles. The molecule has 1 aromatic carbocycles. The maximum Gasteiger partial charge on any atom is 0.673 e. The van der Waals surface area contributed by atoms with Crippen LogP contribution in [0, 0.1) is 12.7 Å². The van der Waals surface area contributed by atoms with Crippen LogP contribution >= 0.6 is 0 Å². The van der Waals surface area contributed by atoms with Crippen molar-refractivity contribution in [2.75, 3.05) is 0 Å². The normalized spacial score (nSPS) is 11.0. The first kappa shape index (κ1) is 26.4. The van der Waals surface area contributed by atoms with E-state index in [0.29, 0.717) is 0 Å². The zero-order chi connectivity index (χ0) is 19.5. The molecule has 0 unspecified atom stereocenters. The molecule has 0 spiro atoms. The number of rotatable bonds is 0. The molecule has 23 heavy (non-hydrogen) atoms. The van der Waals surface area contributed by atoms with Crippen LogP contribution in [0.1, 0.15) is 5.56 Å². The molecule has 16 heteroatoms. The summed E-state index contributed by atoms with van der Waals surface area (Å²) in [6.07, 6.45) is 0. The molecule has 0 radical (unpaired) electrons. The van der Waals surface area contributed by atoms with Crippen molar-refractivity contribution in [1.29, 1.82) is 0 Å². The minimum atomic E-state index is -6.00. The number of hydrogen-bond acceptors (Lipinski definition) is 0. The van der Waals surface area contributed by atoms with Gasteiger partial charge in [0.15, 0.2) is 0 Å². The van der Waals surface area contributed by atoms with E-state index in [0.717, 1.165) is 5.56 Å². The van der Waals surface area contributed by atoms with E-state index >= 15 is 0 Å². The van der Waals surface area contributed by atoms with Gasteiger partial charge in [0.25, 0.3) is 0 Å². The second-order valence-corrected chi connectivity index (χ2v) is 3.28. The number of benzene rings is 1. The summed E-state index contributed by atoms with van der Waals surface area (Å²) >= 11 is 0. The molecule has 0 nitrogen and oxygen atoms in total. The van der Waals surface area contributed by atoms with E-state index in [9.17, 15) is 56.2 Å². The summed E-state index contributed by atoms with van der Waals surface area (Å²) in [5.74, 6) is -0.162. The lowest BCUT2D eigenvalue weighted by atomic mass is 10.2. The van der Waals surface area contributed by atoms with E-state index < -0.39 is 21.8 Å². The van der Waals surface area contributed by atoms with Crippen molar-refractivity contribution in [2.45, 2.75) is 6.92 Å². The Balaban J connectivity index is -0.000000240. The fourth-order valence-corrected chi connectivity index (χ4v) is 0.606. The van der Waals surface area contributed by atoms with Gasteiger partial charge in [-0.25, -0.2) is 4.39 Å². The van der Waals surface area contributed by atoms with Crippen molar-refractivity contribution >= 4 is 21.8 Å². The molecule has 0 aliphatic carbocycles. The summed E-state index contributed by atoms with van der Waals surface area (Å²) in [6, 6.07) is 6.50. The van der Waals surface area contributed by atoms with Crippen LogP contribution in [0.2, 0.25) is 0 Å². The van der Waals surface area contributed by atoms with Gasteiger partial charge in [-0.1, -0.05) is 12.1 Å². The SMILES string of the molecule is Cc1cccc(F)c1.F[B-](F)(F)F.F[B-](F)(F)F.F[B-](F)(F)F. The quantitative estimate of drug-likeness (QED) is 0.386. The predicted octanol–water partition coefficient (Wildman–Crippen LogP) is 6.03. The Morgan fingerprint density at radius 3 is 1.00 bits per heavy atom. The summed E-state index contributed by atoms with van der Waals surface area (Å²) in [5, 5.41) is 0. The van der Waals surface area contributed by atoms with Gasteiger partial charge in [-0.15, -0.1) is 0 Å². The van der Waals surface area contributed by atoms with E-state index in [1.807, 2.05) is 13.0 Å². The molecule has 0 amide bonds. The molecule has 0 aliphatic heterocycles. The molecule has 0 N–H and O–H groups in total. The number of halogens is 13. The standard InChI is InChI=1S/C7H7F.3BF4/c1-6-3-2-4-7(8)5-6;3*2-1(3,4)5/h2-5H,1H3;;;/q;3*-1. The van der Waals surface area contributed by atoms with Crippen LogP contribution in [0.3, 0.4) is 0 Å². The van der Waals surface area contributed by atoms with Gasteiger partial charge >= 0.3 is 21.8 Å². The Morgan fingerprint density at radius 1 is 0.609 bits per heavy atom. The van der Waals surface area contributed by atoms with Crippen LogP contribution < -0.4 is 0 Å². The maximum atomic E-state index is 12.2. The van der Waals surface area contributed by atoms with Crippen molar-refractivity contribution < 1.29 is 56.2 Å². The van der Waals surface area contributed by atoms with E-state index in [-0.39, 0.29) is 5.82 Å². The third-order valence-electron chi connectivity index (χ3n) is 0.980. The van der Waals surface area contributed by atoms with Crippen molar-refractivity contribution in [1.82, 2.24) is 0 Å². The van der Waals surface area contributed by atoms with Gasteiger partial charge in [-0.2, -0.15) is 0 Å². The monoisotopic (exact) mass is 371 g/mol. The highest BCUT2D eigenvalue weighted by molar-refractivity contribution is 6.50. The molecule has 0 aliphatic rings. The molecule has 0 saturated heterocycles. The molecule has 1 rings (SSSR count). The minimum absolute atomic E-state index is 0.162. The van der Waals surface area contributed by atoms with Crippen LogP contribution in [0.15, 0.2) is 24.3 Å². The van der Waals surface area contributed by atoms with Crippen LogP contribution in [0.25, 0.3) is 0 Å². The molecule has 0 atom stereocenters. The average molecular weight is 371 g/mol. The first-order valence-electron chi connectivity index (χ1n) is 5.13. The molecule has 138 valence electrons. The van der Waals surface area contributed by atoms with E-state index in [4.69, 9.17) is 0 Å². The van der Waals surface area contributed by atoms with Gasteiger partial charge < -0.3 is 51.8 Å². The van der Waals surface area contributed by atoms with Crippen LogP contribution in [-0.2, 0) is 0 Å². The average Bonchev–Trinajstić information content (AvgIpc) is 2.07. The Labute approximate surface area is 122 Å². The summed E-state index contributed by atoms with van der Waals surface area (Å²) in [7, 11) is -18.0. The first-order chi connectivity index (χ1) is 9.79. The molecule has 0 aromatic heterocycles. The van der Waals surface area contributed by atoms with Crippen LogP contribution in [0.5, 0.6) is 0 Å². The van der Waals surface area contributed by atoms with E-state index in [1.54, 1.807) is 6.07 Å². The summed E-state index contributed by atoms with van der Waals surface area (Å²) < 4.78 is 129. The highest BCUT2D eigenvalue weighted by Gasteiger charge is 2.21. The number of aryl methyl sites for hydroxylation is 1. The van der Waals surface area contributed by atoms with Crippen molar-refractivity contribution in [2.24, 2.45) is 0 Å². The van der Waals surface area contributed by atoms with Gasteiger partial charge in [-0.3, -0.25) is 0 Å². The topological polar surface area (TPSA) is 0 Å². The summed E-state index contributed by atoms with van der Waals surface area (Å²) in [6.45, 7) is 1.86. The lowest BCUT2D eigenvalue weighted by molar-refractivity contribution is 0.366. The smallest absolute Gasteiger partial charge is 0.418 e. The van der Waals surface area contributed by atoms with Crippen molar-refractivity contribution in [3.8, 4) is 0 Å². The van der Waals surface area contributed by atoms with Gasteiger partial charge in [0.2, 0.25) is 0 Å². The van der Waals surface area contributed by atoms with E-state index in [1.165, 1.54) is 12.1 Å². The third kappa shape index (κ3) is 97.1. The molecular formula is C7H7B3F13-3. The highest BCUT2D eigenvalue weighted by Crippen LogP contribution is 2.07. The van der Waals surface area contributed by atoms with Crippen molar-refractivity contribution in [3.05, 3.63) is 35.6 Å².